The minimum absolute atomic E-state index is 0.329. The highest BCUT2D eigenvalue weighted by molar-refractivity contribution is 7.81. The predicted octanol–water partition coefficient (Wildman–Crippen LogP) is 2.62. The van der Waals surface area contributed by atoms with Crippen LogP contribution in [0.15, 0.2) is 17.1 Å². The van der Waals surface area contributed by atoms with Crippen molar-refractivity contribution in [3.05, 3.63) is 23.3 Å². The van der Waals surface area contributed by atoms with E-state index >= 15 is 0 Å². The van der Waals surface area contributed by atoms with Gasteiger partial charge in [-0.05, 0) is 31.5 Å². The second-order valence-corrected chi connectivity index (χ2v) is 4.68. The van der Waals surface area contributed by atoms with Crippen molar-refractivity contribution in [2.45, 2.75) is 13.8 Å². The lowest BCUT2D eigenvalue weighted by molar-refractivity contribution is -0.143. The fourth-order valence-corrected chi connectivity index (χ4v) is 2.32. The molecule has 100 valence electrons. The summed E-state index contributed by atoms with van der Waals surface area (Å²) in [5.41, 5.74) is 2.46. The van der Waals surface area contributed by atoms with Gasteiger partial charge in [0, 0.05) is 16.6 Å². The summed E-state index contributed by atoms with van der Waals surface area (Å²) in [6.45, 7) is 4.04. The van der Waals surface area contributed by atoms with Crippen LogP contribution in [0.25, 0.3) is 0 Å². The van der Waals surface area contributed by atoms with Crippen LogP contribution in [0.5, 0.6) is 5.75 Å². The quantitative estimate of drug-likeness (QED) is 0.629. The van der Waals surface area contributed by atoms with Crippen LogP contribution < -0.4 is 4.74 Å². The Labute approximate surface area is 117 Å². The van der Waals surface area contributed by atoms with Crippen LogP contribution in [0, 0.1) is 12.8 Å². The Balaban J connectivity index is 2.44. The molecular formula is C14H15NO3S. The molecule has 1 aromatic carbocycles. The van der Waals surface area contributed by atoms with Crippen molar-refractivity contribution < 1.29 is 14.3 Å². The van der Waals surface area contributed by atoms with E-state index in [-0.39, 0.29) is 5.97 Å². The number of aliphatic imine (C=N–C) groups is 1. The zero-order valence-electron chi connectivity index (χ0n) is 11.1. The molecule has 0 aromatic heterocycles. The maximum absolute atomic E-state index is 11.8. The number of hydrogen-bond acceptors (Lipinski definition) is 5. The maximum atomic E-state index is 11.8. The summed E-state index contributed by atoms with van der Waals surface area (Å²) in [6, 6.07) is 3.81. The number of carbonyl (C=O) groups is 1. The summed E-state index contributed by atoms with van der Waals surface area (Å²) in [5, 5.41) is 0. The van der Waals surface area contributed by atoms with Gasteiger partial charge in [-0.2, -0.15) is 0 Å². The van der Waals surface area contributed by atoms with Crippen LogP contribution >= 0.6 is 12.2 Å². The second-order valence-electron chi connectivity index (χ2n) is 4.24. The number of thiocarbonyl (C=S) groups is 1. The van der Waals surface area contributed by atoms with Crippen LogP contribution in [0.4, 0.5) is 5.69 Å². The molecule has 0 fully saturated rings. The van der Waals surface area contributed by atoms with Crippen LogP contribution in [0.3, 0.4) is 0 Å². The molecule has 0 saturated carbocycles. The molecule has 1 aromatic rings. The van der Waals surface area contributed by atoms with Gasteiger partial charge in [0.25, 0.3) is 0 Å². The lowest BCUT2D eigenvalue weighted by Crippen LogP contribution is -2.29. The summed E-state index contributed by atoms with van der Waals surface area (Å²) in [6.07, 6.45) is 1.53. The van der Waals surface area contributed by atoms with Crippen molar-refractivity contribution in [2.24, 2.45) is 10.9 Å². The molecule has 0 amide bonds. The number of esters is 1. The maximum Gasteiger partial charge on any atom is 0.319 e. The Kier molecular flexibility index (Phi) is 3.95. The van der Waals surface area contributed by atoms with E-state index in [0.717, 1.165) is 11.1 Å². The molecule has 0 saturated heterocycles. The smallest absolute Gasteiger partial charge is 0.319 e. The third-order valence-corrected chi connectivity index (χ3v) is 3.35. The third kappa shape index (κ3) is 2.51. The molecule has 19 heavy (non-hydrogen) atoms. The molecule has 0 aliphatic carbocycles. The highest BCUT2D eigenvalue weighted by Gasteiger charge is 2.30. The van der Waals surface area contributed by atoms with Gasteiger partial charge in [-0.3, -0.25) is 9.79 Å². The standard InChI is InChI=1S/C14H15NO3S/c1-4-18-14(16)10-7-15-12-9(13(10)19)5-8(2)6-11(12)17-3/h5-7,10H,4H2,1-3H3. The molecule has 1 heterocycles. The van der Waals surface area contributed by atoms with Gasteiger partial charge in [-0.1, -0.05) is 12.2 Å². The largest absolute Gasteiger partial charge is 0.494 e. The first-order valence-electron chi connectivity index (χ1n) is 6.02. The number of aryl methyl sites for hydroxylation is 1. The van der Waals surface area contributed by atoms with Gasteiger partial charge in [0.15, 0.2) is 0 Å². The molecule has 5 heteroatoms. The normalized spacial score (nSPS) is 17.0. The molecule has 1 aliphatic rings. The number of rotatable bonds is 3. The van der Waals surface area contributed by atoms with Gasteiger partial charge < -0.3 is 9.47 Å². The molecule has 0 radical (unpaired) electrons. The van der Waals surface area contributed by atoms with E-state index in [9.17, 15) is 4.79 Å². The van der Waals surface area contributed by atoms with Crippen molar-refractivity contribution in [1.82, 2.24) is 0 Å². The summed E-state index contributed by atoms with van der Waals surface area (Å²) in [5.74, 6) is -0.285. The molecule has 4 nitrogen and oxygen atoms in total. The van der Waals surface area contributed by atoms with E-state index in [2.05, 4.69) is 4.99 Å². The highest BCUT2D eigenvalue weighted by atomic mass is 32.1. The van der Waals surface area contributed by atoms with Crippen LogP contribution in [0.1, 0.15) is 18.1 Å². The van der Waals surface area contributed by atoms with E-state index in [1.54, 1.807) is 14.0 Å². The number of ether oxygens (including phenoxy) is 2. The molecule has 0 spiro atoms. The number of carbonyl (C=O) groups excluding carboxylic acids is 1. The van der Waals surface area contributed by atoms with Crippen molar-refractivity contribution in [2.75, 3.05) is 13.7 Å². The number of methoxy groups -OCH3 is 1. The summed E-state index contributed by atoms with van der Waals surface area (Å²) < 4.78 is 10.3. The van der Waals surface area contributed by atoms with E-state index in [1.165, 1.54) is 6.21 Å². The first kappa shape index (κ1) is 13.7. The lowest BCUT2D eigenvalue weighted by Gasteiger charge is -2.20. The SMILES string of the molecule is CCOC(=O)C1C=Nc2c(OC)cc(C)cc2C1=S. The average Bonchev–Trinajstić information content (AvgIpc) is 2.39. The molecule has 1 unspecified atom stereocenters. The Morgan fingerprint density at radius 2 is 2.21 bits per heavy atom. The zero-order valence-corrected chi connectivity index (χ0v) is 11.9. The van der Waals surface area contributed by atoms with Gasteiger partial charge in [-0.25, -0.2) is 0 Å². The Morgan fingerprint density at radius 1 is 1.47 bits per heavy atom. The highest BCUT2D eigenvalue weighted by Crippen LogP contribution is 2.37. The van der Waals surface area contributed by atoms with E-state index < -0.39 is 5.92 Å². The molecule has 0 N–H and O–H groups in total. The first-order valence-corrected chi connectivity index (χ1v) is 6.43. The minimum atomic E-state index is -0.589. The zero-order chi connectivity index (χ0) is 14.0. The van der Waals surface area contributed by atoms with Crippen molar-refractivity contribution in [3.8, 4) is 5.75 Å². The monoisotopic (exact) mass is 277 g/mol. The van der Waals surface area contributed by atoms with Gasteiger partial charge in [0.1, 0.15) is 17.4 Å². The summed E-state index contributed by atoms with van der Waals surface area (Å²) in [4.78, 5) is 16.7. The lowest BCUT2D eigenvalue weighted by atomic mass is 9.94. The number of fused-ring (bicyclic) bond motifs is 1. The molecular weight excluding hydrogens is 262 g/mol. The summed E-state index contributed by atoms with van der Waals surface area (Å²) in [7, 11) is 1.59. The average molecular weight is 277 g/mol. The first-order chi connectivity index (χ1) is 9.08. The second kappa shape index (κ2) is 5.48. The molecule has 1 atom stereocenters. The van der Waals surface area contributed by atoms with Gasteiger partial charge in [-0.15, -0.1) is 0 Å². The molecule has 2 rings (SSSR count). The van der Waals surface area contributed by atoms with Crippen molar-refractivity contribution in [1.29, 1.82) is 0 Å². The van der Waals surface area contributed by atoms with Crippen molar-refractivity contribution in [3.63, 3.8) is 0 Å². The topological polar surface area (TPSA) is 47.9 Å². The Morgan fingerprint density at radius 3 is 2.84 bits per heavy atom. The Bertz CT molecular complexity index is 566. The minimum Gasteiger partial charge on any atom is -0.494 e. The third-order valence-electron chi connectivity index (χ3n) is 2.88. The fraction of sp³-hybridized carbons (Fsp3) is 0.357. The van der Waals surface area contributed by atoms with Crippen LogP contribution in [0.2, 0.25) is 0 Å². The van der Waals surface area contributed by atoms with Crippen LogP contribution in [-0.4, -0.2) is 30.8 Å². The molecule has 1 aliphatic heterocycles. The van der Waals surface area contributed by atoms with Crippen molar-refractivity contribution >= 4 is 35.0 Å². The summed E-state index contributed by atoms with van der Waals surface area (Å²) >= 11 is 5.39. The Hall–Kier alpha value is -1.75. The van der Waals surface area contributed by atoms with E-state index in [4.69, 9.17) is 21.7 Å². The molecule has 0 bridgehead atoms. The van der Waals surface area contributed by atoms with E-state index in [0.29, 0.717) is 22.9 Å². The number of nitrogens with zero attached hydrogens (tertiary/aromatic N) is 1. The van der Waals surface area contributed by atoms with E-state index in [1.807, 2.05) is 19.1 Å². The fourth-order valence-electron chi connectivity index (χ4n) is 2.01. The number of hydrogen-bond donors (Lipinski definition) is 0. The van der Waals surface area contributed by atoms with Crippen LogP contribution in [-0.2, 0) is 9.53 Å². The van der Waals surface area contributed by atoms with Gasteiger partial charge in [0.2, 0.25) is 0 Å². The van der Waals surface area contributed by atoms with Gasteiger partial charge >= 0.3 is 5.97 Å². The predicted molar refractivity (Wildman–Crippen MR) is 77.7 cm³/mol. The number of benzene rings is 1. The van der Waals surface area contributed by atoms with Gasteiger partial charge in [0.05, 0.1) is 13.7 Å².